The maximum atomic E-state index is 11.8. The van der Waals surface area contributed by atoms with Gasteiger partial charge >= 0.3 is 12.0 Å². The normalized spacial score (nSPS) is 23.1. The first-order valence-corrected chi connectivity index (χ1v) is 5.89. The van der Waals surface area contributed by atoms with Crippen molar-refractivity contribution in [2.75, 3.05) is 47.4 Å². The van der Waals surface area contributed by atoms with Crippen LogP contribution in [0.2, 0.25) is 0 Å². The lowest BCUT2D eigenvalue weighted by Crippen LogP contribution is -2.49. The molecule has 0 aliphatic carbocycles. The third-order valence-corrected chi connectivity index (χ3v) is 3.02. The molecule has 0 saturated carbocycles. The third kappa shape index (κ3) is 3.85. The minimum absolute atomic E-state index is 0.162. The number of nitrogens with one attached hydrogen (secondary N) is 1. The monoisotopic (exact) mass is 259 g/mol. The Kier molecular flexibility index (Phi) is 5.36. The molecule has 0 aromatic rings. The summed E-state index contributed by atoms with van der Waals surface area (Å²) >= 11 is 0. The molecule has 0 aromatic carbocycles. The lowest BCUT2D eigenvalue weighted by Gasteiger charge is -2.26. The second-order valence-corrected chi connectivity index (χ2v) is 4.70. The first kappa shape index (κ1) is 14.7. The molecule has 0 radical (unpaired) electrons. The van der Waals surface area contributed by atoms with Crippen LogP contribution in [-0.2, 0) is 9.53 Å². The van der Waals surface area contributed by atoms with Crippen molar-refractivity contribution in [2.24, 2.45) is 5.92 Å². The van der Waals surface area contributed by atoms with Gasteiger partial charge in [-0.05, 0) is 14.1 Å². The highest BCUT2D eigenvalue weighted by Crippen LogP contribution is 2.18. The van der Waals surface area contributed by atoms with E-state index in [0.717, 1.165) is 6.54 Å². The quantitative estimate of drug-likeness (QED) is 0.681. The largest absolute Gasteiger partial charge is 0.481 e. The second kappa shape index (κ2) is 6.55. The summed E-state index contributed by atoms with van der Waals surface area (Å²) in [5, 5.41) is 11.8. The third-order valence-electron chi connectivity index (χ3n) is 3.02. The number of likely N-dealkylation sites (N-methyl/N-ethyl adjacent to an activating group) is 2. The van der Waals surface area contributed by atoms with Gasteiger partial charge in [0, 0.05) is 20.1 Å². The van der Waals surface area contributed by atoms with Crippen LogP contribution in [0.4, 0.5) is 4.79 Å². The number of urea groups is 1. The van der Waals surface area contributed by atoms with Gasteiger partial charge in [-0.15, -0.1) is 0 Å². The number of amides is 2. The maximum Gasteiger partial charge on any atom is 0.317 e. The zero-order chi connectivity index (χ0) is 13.7. The average molecular weight is 259 g/mol. The van der Waals surface area contributed by atoms with E-state index >= 15 is 0 Å². The number of carbonyl (C=O) groups excluding carboxylic acids is 1. The highest BCUT2D eigenvalue weighted by Gasteiger charge is 2.38. The van der Waals surface area contributed by atoms with Crippen molar-refractivity contribution in [1.29, 1.82) is 0 Å². The van der Waals surface area contributed by atoms with Gasteiger partial charge in [0.15, 0.2) is 0 Å². The Labute approximate surface area is 107 Å². The van der Waals surface area contributed by atoms with Crippen molar-refractivity contribution in [3.05, 3.63) is 0 Å². The van der Waals surface area contributed by atoms with Gasteiger partial charge < -0.3 is 25.0 Å². The molecule has 2 amide bonds. The molecule has 18 heavy (non-hydrogen) atoms. The summed E-state index contributed by atoms with van der Waals surface area (Å²) in [5.74, 6) is -1.57. The lowest BCUT2D eigenvalue weighted by molar-refractivity contribution is -0.142. The van der Waals surface area contributed by atoms with Gasteiger partial charge in [-0.2, -0.15) is 0 Å². The molecule has 1 rings (SSSR count). The van der Waals surface area contributed by atoms with Crippen molar-refractivity contribution in [2.45, 2.75) is 6.04 Å². The molecule has 0 bridgehead atoms. The number of aliphatic carboxylic acids is 1. The molecule has 1 saturated heterocycles. The maximum absolute atomic E-state index is 11.8. The number of hydrogen-bond donors (Lipinski definition) is 2. The number of rotatable bonds is 5. The fourth-order valence-corrected chi connectivity index (χ4v) is 1.82. The van der Waals surface area contributed by atoms with Crippen LogP contribution in [0.15, 0.2) is 0 Å². The average Bonchev–Trinajstić information content (AvgIpc) is 2.76. The predicted octanol–water partition coefficient (Wildman–Crippen LogP) is -0.711. The Morgan fingerprint density at radius 3 is 2.56 bits per heavy atom. The van der Waals surface area contributed by atoms with Crippen LogP contribution in [0, 0.1) is 5.92 Å². The van der Waals surface area contributed by atoms with E-state index in [-0.39, 0.29) is 19.2 Å². The summed E-state index contributed by atoms with van der Waals surface area (Å²) in [7, 11) is 5.43. The van der Waals surface area contributed by atoms with Crippen molar-refractivity contribution in [3.8, 4) is 0 Å². The smallest absolute Gasteiger partial charge is 0.317 e. The molecular formula is C11H21N3O4. The van der Waals surface area contributed by atoms with Gasteiger partial charge in [-0.25, -0.2) is 4.79 Å². The molecule has 104 valence electrons. The fraction of sp³-hybridized carbons (Fsp3) is 0.818. The van der Waals surface area contributed by atoms with E-state index < -0.39 is 17.9 Å². The summed E-state index contributed by atoms with van der Waals surface area (Å²) in [6.07, 6.45) is 0. The number of carbonyl (C=O) groups is 2. The van der Waals surface area contributed by atoms with Crippen LogP contribution < -0.4 is 5.32 Å². The highest BCUT2D eigenvalue weighted by atomic mass is 16.5. The number of carboxylic acid groups (broad SMARTS) is 1. The molecule has 1 aliphatic heterocycles. The van der Waals surface area contributed by atoms with Crippen LogP contribution >= 0.6 is 0 Å². The lowest BCUT2D eigenvalue weighted by atomic mass is 10.0. The summed E-state index contributed by atoms with van der Waals surface area (Å²) in [5.41, 5.74) is 0. The predicted molar refractivity (Wildman–Crippen MR) is 65.4 cm³/mol. The minimum atomic E-state index is -0.926. The zero-order valence-electron chi connectivity index (χ0n) is 11.0. The molecule has 7 nitrogen and oxygen atoms in total. The van der Waals surface area contributed by atoms with Gasteiger partial charge in [0.2, 0.25) is 0 Å². The van der Waals surface area contributed by atoms with E-state index in [1.165, 1.54) is 4.90 Å². The van der Waals surface area contributed by atoms with E-state index in [0.29, 0.717) is 6.54 Å². The van der Waals surface area contributed by atoms with E-state index in [1.807, 2.05) is 19.0 Å². The van der Waals surface area contributed by atoms with Gasteiger partial charge in [0.25, 0.3) is 0 Å². The molecule has 0 spiro atoms. The molecule has 1 aliphatic rings. The Morgan fingerprint density at radius 1 is 1.33 bits per heavy atom. The van der Waals surface area contributed by atoms with E-state index in [9.17, 15) is 9.59 Å². The van der Waals surface area contributed by atoms with Gasteiger partial charge in [0.1, 0.15) is 5.92 Å². The molecular weight excluding hydrogens is 238 g/mol. The number of carboxylic acids is 1. The van der Waals surface area contributed by atoms with Crippen molar-refractivity contribution in [3.63, 3.8) is 0 Å². The molecule has 7 heteroatoms. The first-order valence-electron chi connectivity index (χ1n) is 5.89. The fourth-order valence-electron chi connectivity index (χ4n) is 1.82. The SMILES string of the molecule is CN(C)CCNC(=O)N(C)C1COCC1C(=O)O. The number of nitrogens with zero attached hydrogens (tertiary/aromatic N) is 2. The molecule has 2 atom stereocenters. The Hall–Kier alpha value is -1.34. The topological polar surface area (TPSA) is 82.1 Å². The number of hydrogen-bond acceptors (Lipinski definition) is 4. The molecule has 0 aromatic heterocycles. The Morgan fingerprint density at radius 2 is 2.00 bits per heavy atom. The number of ether oxygens (including phenoxy) is 1. The summed E-state index contributed by atoms with van der Waals surface area (Å²) in [4.78, 5) is 26.2. The Bertz CT molecular complexity index is 309. The van der Waals surface area contributed by atoms with Gasteiger partial charge in [-0.3, -0.25) is 4.79 Å². The van der Waals surface area contributed by atoms with E-state index in [4.69, 9.17) is 9.84 Å². The van der Waals surface area contributed by atoms with Crippen LogP contribution in [0.5, 0.6) is 0 Å². The van der Waals surface area contributed by atoms with Crippen LogP contribution in [0.1, 0.15) is 0 Å². The molecule has 1 heterocycles. The Balaban J connectivity index is 2.45. The van der Waals surface area contributed by atoms with Crippen LogP contribution in [0.3, 0.4) is 0 Å². The summed E-state index contributed by atoms with van der Waals surface area (Å²) in [6.45, 7) is 1.70. The molecule has 2 N–H and O–H groups in total. The molecule has 2 unspecified atom stereocenters. The van der Waals surface area contributed by atoms with Gasteiger partial charge in [-0.1, -0.05) is 0 Å². The van der Waals surface area contributed by atoms with E-state index in [2.05, 4.69) is 5.32 Å². The van der Waals surface area contributed by atoms with Crippen molar-refractivity contribution in [1.82, 2.24) is 15.1 Å². The standard InChI is InChI=1S/C11H21N3O4/c1-13(2)5-4-12-11(17)14(3)9-7-18-6-8(9)10(15)16/h8-9H,4-7H2,1-3H3,(H,12,17)(H,15,16). The highest BCUT2D eigenvalue weighted by molar-refractivity contribution is 5.77. The first-order chi connectivity index (χ1) is 8.43. The van der Waals surface area contributed by atoms with Crippen LogP contribution in [0.25, 0.3) is 0 Å². The molecule has 1 fully saturated rings. The summed E-state index contributed by atoms with van der Waals surface area (Å²) < 4.78 is 5.13. The van der Waals surface area contributed by atoms with Crippen molar-refractivity contribution >= 4 is 12.0 Å². The minimum Gasteiger partial charge on any atom is -0.481 e. The zero-order valence-corrected chi connectivity index (χ0v) is 11.0. The summed E-state index contributed by atoms with van der Waals surface area (Å²) in [6, 6.07) is -0.666. The van der Waals surface area contributed by atoms with Gasteiger partial charge in [0.05, 0.1) is 19.3 Å². The van der Waals surface area contributed by atoms with Crippen molar-refractivity contribution < 1.29 is 19.4 Å². The van der Waals surface area contributed by atoms with E-state index in [1.54, 1.807) is 7.05 Å². The van der Waals surface area contributed by atoms with Crippen LogP contribution in [-0.4, -0.2) is 80.4 Å². The second-order valence-electron chi connectivity index (χ2n) is 4.70.